The number of halogens is 1. The molecule has 2 N–H and O–H groups in total. The van der Waals surface area contributed by atoms with Gasteiger partial charge in [-0.3, -0.25) is 4.79 Å². The van der Waals surface area contributed by atoms with Gasteiger partial charge in [0.1, 0.15) is 23.8 Å². The van der Waals surface area contributed by atoms with E-state index in [4.69, 9.17) is 9.47 Å². The number of hydrogen-bond acceptors (Lipinski definition) is 5. The van der Waals surface area contributed by atoms with Crippen molar-refractivity contribution in [2.24, 2.45) is 0 Å². The number of amides is 2. The molecule has 164 valence electrons. The van der Waals surface area contributed by atoms with E-state index in [1.54, 1.807) is 45.0 Å². The van der Waals surface area contributed by atoms with Crippen LogP contribution < -0.4 is 15.4 Å². The van der Waals surface area contributed by atoms with E-state index in [0.717, 1.165) is 0 Å². The van der Waals surface area contributed by atoms with Crippen LogP contribution in [0, 0.1) is 5.82 Å². The number of fused-ring (bicyclic) bond motifs is 1. The molecule has 2 aromatic carbocycles. The molecule has 1 aromatic heterocycles. The van der Waals surface area contributed by atoms with Gasteiger partial charge in [-0.05, 0) is 45.0 Å². The van der Waals surface area contributed by atoms with E-state index in [1.807, 2.05) is 18.2 Å². The van der Waals surface area contributed by atoms with Gasteiger partial charge in [-0.15, -0.1) is 11.3 Å². The monoisotopic (exact) mass is 444 g/mol. The first-order chi connectivity index (χ1) is 14.7. The Bertz CT molecular complexity index is 1060. The van der Waals surface area contributed by atoms with E-state index >= 15 is 0 Å². The van der Waals surface area contributed by atoms with E-state index in [-0.39, 0.29) is 25.6 Å². The molecule has 0 radical (unpaired) electrons. The molecule has 0 saturated heterocycles. The average molecular weight is 445 g/mol. The van der Waals surface area contributed by atoms with E-state index < -0.39 is 17.5 Å². The Kier molecular flexibility index (Phi) is 7.12. The molecule has 3 aromatic rings. The topological polar surface area (TPSA) is 76.7 Å². The van der Waals surface area contributed by atoms with Crippen molar-refractivity contribution in [2.45, 2.75) is 33.0 Å². The quantitative estimate of drug-likeness (QED) is 0.510. The van der Waals surface area contributed by atoms with Crippen molar-refractivity contribution in [2.75, 3.05) is 13.1 Å². The van der Waals surface area contributed by atoms with Crippen LogP contribution in [0.2, 0.25) is 0 Å². The zero-order valence-corrected chi connectivity index (χ0v) is 18.5. The maximum absolute atomic E-state index is 14.5. The van der Waals surface area contributed by atoms with Crippen LogP contribution in [0.25, 0.3) is 10.1 Å². The van der Waals surface area contributed by atoms with Crippen LogP contribution in [-0.2, 0) is 11.3 Å². The Morgan fingerprint density at radius 1 is 1.00 bits per heavy atom. The summed E-state index contributed by atoms with van der Waals surface area (Å²) in [4.78, 5) is 24.9. The predicted molar refractivity (Wildman–Crippen MR) is 119 cm³/mol. The normalized spacial score (nSPS) is 11.2. The Morgan fingerprint density at radius 2 is 1.71 bits per heavy atom. The second-order valence-corrected chi connectivity index (χ2v) is 8.86. The number of ether oxygens (including phenoxy) is 2. The number of carbonyl (C=O) groups excluding carboxylic acids is 2. The number of alkyl carbamates (subject to hydrolysis) is 1. The summed E-state index contributed by atoms with van der Waals surface area (Å²) in [6.07, 6.45) is -0.553. The molecular weight excluding hydrogens is 419 g/mol. The number of benzene rings is 2. The zero-order chi connectivity index (χ0) is 22.4. The molecule has 0 bridgehead atoms. The van der Waals surface area contributed by atoms with Crippen molar-refractivity contribution < 1.29 is 23.5 Å². The molecule has 1 heterocycles. The molecule has 31 heavy (non-hydrogen) atoms. The summed E-state index contributed by atoms with van der Waals surface area (Å²) < 4.78 is 26.2. The minimum atomic E-state index is -0.595. The van der Waals surface area contributed by atoms with Gasteiger partial charge in [0.15, 0.2) is 0 Å². The Balaban J connectivity index is 1.69. The predicted octanol–water partition coefficient (Wildman–Crippen LogP) is 4.87. The molecule has 6 nitrogen and oxygen atoms in total. The fourth-order valence-electron chi connectivity index (χ4n) is 2.90. The molecular formula is C23H25FN2O4S. The number of thiophene rings is 1. The van der Waals surface area contributed by atoms with Crippen molar-refractivity contribution >= 4 is 33.4 Å². The number of hydrogen-bond donors (Lipinski definition) is 2. The van der Waals surface area contributed by atoms with E-state index in [2.05, 4.69) is 10.6 Å². The first-order valence-electron chi connectivity index (χ1n) is 9.87. The molecule has 0 spiro atoms. The molecule has 0 aliphatic heterocycles. The fourth-order valence-corrected chi connectivity index (χ4v) is 4.03. The lowest BCUT2D eigenvalue weighted by molar-refractivity contribution is 0.0526. The van der Waals surface area contributed by atoms with Crippen LogP contribution in [0.3, 0.4) is 0 Å². The second-order valence-electron chi connectivity index (χ2n) is 7.81. The smallest absolute Gasteiger partial charge is 0.407 e. The van der Waals surface area contributed by atoms with E-state index in [1.165, 1.54) is 17.4 Å². The average Bonchev–Trinajstić information content (AvgIpc) is 3.09. The van der Waals surface area contributed by atoms with Gasteiger partial charge in [0.2, 0.25) is 0 Å². The van der Waals surface area contributed by atoms with Gasteiger partial charge in [0.25, 0.3) is 5.91 Å². The third-order valence-corrected chi connectivity index (χ3v) is 5.37. The Labute approximate surface area is 184 Å². The summed E-state index contributed by atoms with van der Waals surface area (Å²) in [7, 11) is 0. The van der Waals surface area contributed by atoms with Crippen LogP contribution >= 0.6 is 11.3 Å². The van der Waals surface area contributed by atoms with Crippen molar-refractivity contribution in [1.82, 2.24) is 10.6 Å². The number of rotatable bonds is 7. The molecule has 0 aliphatic carbocycles. The molecule has 8 heteroatoms. The summed E-state index contributed by atoms with van der Waals surface area (Å²) in [5.41, 5.74) is -0.0955. The van der Waals surface area contributed by atoms with Gasteiger partial charge in [-0.2, -0.15) is 0 Å². The van der Waals surface area contributed by atoms with Crippen molar-refractivity contribution in [1.29, 1.82) is 0 Å². The minimum Gasteiger partial charge on any atom is -0.489 e. The summed E-state index contributed by atoms with van der Waals surface area (Å²) >= 11 is 1.21. The highest BCUT2D eigenvalue weighted by Crippen LogP contribution is 2.34. The molecule has 0 atom stereocenters. The number of carbonyl (C=O) groups is 2. The lowest BCUT2D eigenvalue weighted by atomic mass is 10.1. The largest absolute Gasteiger partial charge is 0.489 e. The Morgan fingerprint density at radius 3 is 2.42 bits per heavy atom. The third kappa shape index (κ3) is 6.18. The maximum Gasteiger partial charge on any atom is 0.407 e. The van der Waals surface area contributed by atoms with Crippen LogP contribution in [-0.4, -0.2) is 30.7 Å². The summed E-state index contributed by atoms with van der Waals surface area (Å²) in [6, 6.07) is 13.9. The Hall–Kier alpha value is -3.13. The third-order valence-electron chi connectivity index (χ3n) is 4.17. The highest BCUT2D eigenvalue weighted by atomic mass is 32.1. The molecule has 0 fully saturated rings. The zero-order valence-electron chi connectivity index (χ0n) is 17.7. The van der Waals surface area contributed by atoms with Crippen LogP contribution in [0.15, 0.2) is 48.5 Å². The first kappa shape index (κ1) is 22.6. The van der Waals surface area contributed by atoms with Gasteiger partial charge < -0.3 is 20.1 Å². The maximum atomic E-state index is 14.5. The summed E-state index contributed by atoms with van der Waals surface area (Å²) in [5.74, 6) is -0.115. The lowest BCUT2D eigenvalue weighted by Gasteiger charge is -2.19. The summed E-state index contributed by atoms with van der Waals surface area (Å²) in [6.45, 7) is 5.78. The standard InChI is InChI=1S/C23H25FN2O4S/c1-23(2,3)30-22(28)26-13-12-25-21(27)20-16(14-29-15-8-5-4-6-9-15)19-17(24)10-7-11-18(19)31-20/h4-11H,12-14H2,1-3H3,(H,25,27)(H,26,28). The van der Waals surface area contributed by atoms with Gasteiger partial charge in [0.05, 0.1) is 4.88 Å². The van der Waals surface area contributed by atoms with Crippen LogP contribution in [0.4, 0.5) is 9.18 Å². The highest BCUT2D eigenvalue weighted by molar-refractivity contribution is 7.21. The van der Waals surface area contributed by atoms with Gasteiger partial charge in [-0.25, -0.2) is 9.18 Å². The molecule has 0 unspecified atom stereocenters. The van der Waals surface area contributed by atoms with Crippen molar-refractivity contribution in [3.63, 3.8) is 0 Å². The fraction of sp³-hybridized carbons (Fsp3) is 0.304. The molecule has 0 aliphatic rings. The van der Waals surface area contributed by atoms with E-state index in [9.17, 15) is 14.0 Å². The van der Waals surface area contributed by atoms with E-state index in [0.29, 0.717) is 26.3 Å². The summed E-state index contributed by atoms with van der Waals surface area (Å²) in [5, 5.41) is 5.73. The van der Waals surface area contributed by atoms with Crippen molar-refractivity contribution in [3.8, 4) is 5.75 Å². The molecule has 0 saturated carbocycles. The second kappa shape index (κ2) is 9.78. The number of para-hydroxylation sites is 1. The van der Waals surface area contributed by atoms with Crippen LogP contribution in [0.5, 0.6) is 5.75 Å². The minimum absolute atomic E-state index is 0.0594. The van der Waals surface area contributed by atoms with Crippen LogP contribution in [0.1, 0.15) is 36.0 Å². The van der Waals surface area contributed by atoms with Crippen molar-refractivity contribution in [3.05, 3.63) is 64.8 Å². The van der Waals surface area contributed by atoms with Gasteiger partial charge in [0, 0.05) is 28.7 Å². The van der Waals surface area contributed by atoms with Gasteiger partial charge >= 0.3 is 6.09 Å². The molecule has 2 amide bonds. The first-order valence-corrected chi connectivity index (χ1v) is 10.7. The number of nitrogens with one attached hydrogen (secondary N) is 2. The lowest BCUT2D eigenvalue weighted by Crippen LogP contribution is -2.37. The van der Waals surface area contributed by atoms with Gasteiger partial charge in [-0.1, -0.05) is 24.3 Å². The SMILES string of the molecule is CC(C)(C)OC(=O)NCCNC(=O)c1sc2cccc(F)c2c1COc1ccccc1. The molecule has 3 rings (SSSR count). The highest BCUT2D eigenvalue weighted by Gasteiger charge is 2.21.